The molecule has 0 nitrogen and oxygen atoms in total. The maximum atomic E-state index is 2.77. The summed E-state index contributed by atoms with van der Waals surface area (Å²) in [5.74, 6) is 6.29. The van der Waals surface area contributed by atoms with Crippen LogP contribution in [0.4, 0.5) is 0 Å². The molecule has 5 aromatic rings. The van der Waals surface area contributed by atoms with Crippen molar-refractivity contribution in [3.63, 3.8) is 0 Å². The highest BCUT2D eigenvalue weighted by atomic mass is 14.5. The van der Waals surface area contributed by atoms with Crippen LogP contribution in [-0.4, -0.2) is 0 Å². The molecule has 0 amide bonds. The standard InChI is InChI=1S/C46H42/c1-2-6-32-31(5-1)43(45-39-27-13-9-23(17-27)35(39)21-36-24-10-14-28(18-24)40(36)45)33-7-3-4-8-34(33)44(32)46-41-29-15-11-25(19-29)37(41)22-38-26-12-16-30(20-26)42(38)46/h1-8,21-30H,9-20H2. The molecule has 46 heavy (non-hydrogen) atoms. The average Bonchev–Trinajstić information content (AvgIpc) is 3.97. The predicted molar refractivity (Wildman–Crippen MR) is 190 cm³/mol. The van der Waals surface area contributed by atoms with Crippen molar-refractivity contribution in [3.8, 4) is 22.3 Å². The summed E-state index contributed by atoms with van der Waals surface area (Å²) in [6.45, 7) is 0. The third-order valence-electron chi connectivity index (χ3n) is 15.5. The molecule has 13 rings (SSSR count). The first-order valence-electron chi connectivity index (χ1n) is 19.2. The monoisotopic (exact) mass is 594 g/mol. The molecule has 0 saturated heterocycles. The molecule has 5 aromatic carbocycles. The van der Waals surface area contributed by atoms with E-state index < -0.39 is 0 Å². The summed E-state index contributed by atoms with van der Waals surface area (Å²) in [5.41, 5.74) is 20.9. The molecule has 0 aromatic heterocycles. The first kappa shape index (κ1) is 24.7. The Labute approximate surface area is 272 Å². The highest BCUT2D eigenvalue weighted by Crippen LogP contribution is 2.67. The number of hydrogen-bond donors (Lipinski definition) is 0. The zero-order valence-electron chi connectivity index (χ0n) is 26.9. The molecule has 0 aliphatic heterocycles. The summed E-state index contributed by atoms with van der Waals surface area (Å²) >= 11 is 0. The second-order valence-corrected chi connectivity index (χ2v) is 17.2. The number of rotatable bonds is 2. The number of fused-ring (bicyclic) bond motifs is 22. The molecule has 226 valence electrons. The molecule has 0 radical (unpaired) electrons. The van der Waals surface area contributed by atoms with Gasteiger partial charge in [-0.3, -0.25) is 0 Å². The largest absolute Gasteiger partial charge is 0.0616 e. The highest BCUT2D eigenvalue weighted by molar-refractivity contribution is 6.23. The van der Waals surface area contributed by atoms with Gasteiger partial charge in [0.2, 0.25) is 0 Å². The zero-order valence-corrected chi connectivity index (χ0v) is 26.9. The number of benzene rings is 5. The Morgan fingerprint density at radius 3 is 0.848 bits per heavy atom. The van der Waals surface area contributed by atoms with Gasteiger partial charge in [0.25, 0.3) is 0 Å². The van der Waals surface area contributed by atoms with Crippen molar-refractivity contribution in [1.29, 1.82) is 0 Å². The van der Waals surface area contributed by atoms with E-state index in [0.717, 1.165) is 47.3 Å². The van der Waals surface area contributed by atoms with Crippen LogP contribution in [0.15, 0.2) is 60.7 Å². The third kappa shape index (κ3) is 2.81. The summed E-state index contributed by atoms with van der Waals surface area (Å²) in [6.07, 6.45) is 16.9. The summed E-state index contributed by atoms with van der Waals surface area (Å²) < 4.78 is 0. The lowest BCUT2D eigenvalue weighted by atomic mass is 9.73. The Hall–Kier alpha value is -3.38. The fourth-order valence-electron chi connectivity index (χ4n) is 13.9. The van der Waals surface area contributed by atoms with Crippen molar-refractivity contribution in [2.24, 2.45) is 0 Å². The van der Waals surface area contributed by atoms with Crippen LogP contribution in [0.5, 0.6) is 0 Å². The lowest BCUT2D eigenvalue weighted by Gasteiger charge is -2.31. The lowest BCUT2D eigenvalue weighted by molar-refractivity contribution is 0.692. The van der Waals surface area contributed by atoms with Crippen molar-refractivity contribution in [2.45, 2.75) is 124 Å². The van der Waals surface area contributed by atoms with E-state index in [2.05, 4.69) is 60.7 Å². The van der Waals surface area contributed by atoms with Gasteiger partial charge >= 0.3 is 0 Å². The van der Waals surface area contributed by atoms with Crippen molar-refractivity contribution < 1.29 is 0 Å². The van der Waals surface area contributed by atoms with Crippen LogP contribution in [0.25, 0.3) is 43.8 Å². The molecule has 4 saturated carbocycles. The Bertz CT molecular complexity index is 1930. The van der Waals surface area contributed by atoms with Crippen LogP contribution in [0.1, 0.15) is 169 Å². The van der Waals surface area contributed by atoms with Crippen LogP contribution in [0.3, 0.4) is 0 Å². The molecular weight excluding hydrogens is 553 g/mol. The van der Waals surface area contributed by atoms with Gasteiger partial charge in [0.1, 0.15) is 0 Å². The Morgan fingerprint density at radius 1 is 0.304 bits per heavy atom. The fourth-order valence-corrected chi connectivity index (χ4v) is 13.9. The van der Waals surface area contributed by atoms with E-state index >= 15 is 0 Å². The molecule has 8 atom stereocenters. The van der Waals surface area contributed by atoms with E-state index in [1.165, 1.54) is 98.6 Å². The summed E-state index contributed by atoms with van der Waals surface area (Å²) in [5, 5.41) is 6.15. The summed E-state index contributed by atoms with van der Waals surface area (Å²) in [7, 11) is 0. The van der Waals surface area contributed by atoms with Crippen LogP contribution in [-0.2, 0) is 0 Å². The number of hydrogen-bond acceptors (Lipinski definition) is 0. The Kier molecular flexibility index (Phi) is 4.50. The van der Waals surface area contributed by atoms with Crippen LogP contribution >= 0.6 is 0 Å². The predicted octanol–water partition coefficient (Wildman–Crippen LogP) is 12.8. The summed E-state index contributed by atoms with van der Waals surface area (Å²) in [6, 6.07) is 25.1. The fraction of sp³-hybridized carbons (Fsp3) is 0.435. The average molecular weight is 595 g/mol. The minimum Gasteiger partial charge on any atom is -0.0616 e. The van der Waals surface area contributed by atoms with Gasteiger partial charge < -0.3 is 0 Å². The van der Waals surface area contributed by atoms with Gasteiger partial charge in [-0.2, -0.15) is 0 Å². The molecule has 0 N–H and O–H groups in total. The first-order chi connectivity index (χ1) is 22.8. The molecule has 8 bridgehead atoms. The van der Waals surface area contributed by atoms with Crippen molar-refractivity contribution >= 4 is 21.5 Å². The van der Waals surface area contributed by atoms with E-state index in [9.17, 15) is 0 Å². The lowest BCUT2D eigenvalue weighted by Crippen LogP contribution is -2.10. The van der Waals surface area contributed by atoms with Crippen LogP contribution in [0, 0.1) is 0 Å². The van der Waals surface area contributed by atoms with Crippen LogP contribution < -0.4 is 0 Å². The smallest absolute Gasteiger partial charge is 0.00204 e. The van der Waals surface area contributed by atoms with Crippen molar-refractivity contribution in [3.05, 3.63) is 105 Å². The van der Waals surface area contributed by atoms with Crippen molar-refractivity contribution in [2.75, 3.05) is 0 Å². The highest BCUT2D eigenvalue weighted by Gasteiger charge is 2.48. The first-order valence-corrected chi connectivity index (χ1v) is 19.2. The van der Waals surface area contributed by atoms with Gasteiger partial charge in [-0.1, -0.05) is 60.7 Å². The third-order valence-corrected chi connectivity index (χ3v) is 15.5. The van der Waals surface area contributed by atoms with E-state index in [4.69, 9.17) is 0 Å². The van der Waals surface area contributed by atoms with Gasteiger partial charge in [0, 0.05) is 0 Å². The van der Waals surface area contributed by atoms with Gasteiger partial charge in [-0.25, -0.2) is 0 Å². The Morgan fingerprint density at radius 2 is 0.565 bits per heavy atom. The molecule has 8 unspecified atom stereocenters. The second kappa shape index (κ2) is 8.36. The SMILES string of the molecule is c1ccc2c(-c3c4c(cc5c3C3CCC5C3)C3CCC4C3)c3ccccc3c(-c3c4c(cc5c3C3CCC5C3)C3CCC4C3)c2c1. The second-order valence-electron chi connectivity index (χ2n) is 17.2. The normalized spacial score (nSPS) is 33.0. The minimum absolute atomic E-state index is 0.767. The van der Waals surface area contributed by atoms with Gasteiger partial charge in [-0.05, 0) is 213 Å². The van der Waals surface area contributed by atoms with E-state index in [-0.39, 0.29) is 0 Å². The molecular formula is C46H42. The van der Waals surface area contributed by atoms with Gasteiger partial charge in [-0.15, -0.1) is 0 Å². The molecule has 0 spiro atoms. The maximum Gasteiger partial charge on any atom is -0.00204 e. The summed E-state index contributed by atoms with van der Waals surface area (Å²) in [4.78, 5) is 0. The quantitative estimate of drug-likeness (QED) is 0.178. The Balaban J connectivity index is 1.20. The molecule has 0 heterocycles. The van der Waals surface area contributed by atoms with Crippen molar-refractivity contribution in [1.82, 2.24) is 0 Å². The topological polar surface area (TPSA) is 0 Å². The van der Waals surface area contributed by atoms with E-state index in [1.54, 1.807) is 66.8 Å². The zero-order chi connectivity index (χ0) is 29.4. The van der Waals surface area contributed by atoms with Crippen LogP contribution in [0.2, 0.25) is 0 Å². The molecule has 8 aliphatic rings. The van der Waals surface area contributed by atoms with E-state index in [0.29, 0.717) is 0 Å². The minimum atomic E-state index is 0.767. The van der Waals surface area contributed by atoms with Gasteiger partial charge in [0.15, 0.2) is 0 Å². The molecule has 0 heteroatoms. The molecule has 8 aliphatic carbocycles. The van der Waals surface area contributed by atoms with E-state index in [1.807, 2.05) is 0 Å². The molecule has 4 fully saturated rings. The van der Waals surface area contributed by atoms with Gasteiger partial charge in [0.05, 0.1) is 0 Å². The maximum absolute atomic E-state index is 2.77.